The van der Waals surface area contributed by atoms with Crippen molar-refractivity contribution >= 4 is 11.6 Å². The van der Waals surface area contributed by atoms with E-state index in [0.717, 1.165) is 23.1 Å². The highest BCUT2D eigenvalue weighted by Gasteiger charge is 2.18. The molecule has 1 aromatic rings. The molecular weight excluding hydrogens is 226 g/mol. The van der Waals surface area contributed by atoms with Gasteiger partial charge in [0.25, 0.3) is 0 Å². The smallest absolute Gasteiger partial charge is 0.165 e. The molecule has 0 fully saturated rings. The molecule has 0 unspecified atom stereocenters. The maximum atomic E-state index is 10.1. The lowest BCUT2D eigenvalue weighted by molar-refractivity contribution is 0.367. The van der Waals surface area contributed by atoms with Crippen LogP contribution in [-0.2, 0) is 6.42 Å². The largest absolute Gasteiger partial charge is 0.504 e. The molecule has 1 aromatic carbocycles. The molecule has 90 valence electrons. The second-order valence-electron chi connectivity index (χ2n) is 3.82. The van der Waals surface area contributed by atoms with Crippen LogP contribution in [0, 0.1) is 13.8 Å². The standard InChI is InChI=1S/C12H18ClNO2/c1-7-9(5-4-6-14)11(15)12(16-3)8(2)10(7)13/h15H,4-6,14H2,1-3H3. The van der Waals surface area contributed by atoms with Gasteiger partial charge in [-0.25, -0.2) is 0 Å². The third kappa shape index (κ3) is 2.25. The highest BCUT2D eigenvalue weighted by atomic mass is 35.5. The second-order valence-corrected chi connectivity index (χ2v) is 4.19. The summed E-state index contributed by atoms with van der Waals surface area (Å²) in [6.07, 6.45) is 1.53. The molecule has 0 heterocycles. The van der Waals surface area contributed by atoms with Crippen molar-refractivity contribution in [3.63, 3.8) is 0 Å². The number of nitrogens with two attached hydrogens (primary N) is 1. The molecule has 0 spiro atoms. The number of phenolic OH excluding ortho intramolecular Hbond substituents is 1. The molecule has 0 radical (unpaired) electrons. The molecule has 0 aromatic heterocycles. The third-order valence-electron chi connectivity index (χ3n) is 2.79. The van der Waals surface area contributed by atoms with E-state index in [9.17, 15) is 5.11 Å². The molecule has 0 saturated carbocycles. The predicted molar refractivity (Wildman–Crippen MR) is 66.5 cm³/mol. The van der Waals surface area contributed by atoms with Crippen molar-refractivity contribution in [2.24, 2.45) is 5.73 Å². The molecule has 0 aliphatic rings. The number of benzene rings is 1. The Labute approximate surface area is 101 Å². The fourth-order valence-corrected chi connectivity index (χ4v) is 2.04. The van der Waals surface area contributed by atoms with Crippen LogP contribution in [0.15, 0.2) is 0 Å². The first-order valence-corrected chi connectivity index (χ1v) is 5.66. The van der Waals surface area contributed by atoms with Crippen LogP contribution in [0.1, 0.15) is 23.1 Å². The number of hydrogen-bond acceptors (Lipinski definition) is 3. The zero-order valence-electron chi connectivity index (χ0n) is 9.93. The highest BCUT2D eigenvalue weighted by Crippen LogP contribution is 2.41. The summed E-state index contributed by atoms with van der Waals surface area (Å²) in [4.78, 5) is 0. The Morgan fingerprint density at radius 1 is 1.31 bits per heavy atom. The summed E-state index contributed by atoms with van der Waals surface area (Å²) >= 11 is 6.20. The molecule has 0 saturated heterocycles. The van der Waals surface area contributed by atoms with Gasteiger partial charge in [-0.1, -0.05) is 11.6 Å². The van der Waals surface area contributed by atoms with Gasteiger partial charge in [0.05, 0.1) is 12.1 Å². The monoisotopic (exact) mass is 243 g/mol. The lowest BCUT2D eigenvalue weighted by atomic mass is 9.99. The third-order valence-corrected chi connectivity index (χ3v) is 3.35. The average Bonchev–Trinajstić information content (AvgIpc) is 2.27. The van der Waals surface area contributed by atoms with Crippen LogP contribution in [-0.4, -0.2) is 18.8 Å². The van der Waals surface area contributed by atoms with Gasteiger partial charge in [-0.05, 0) is 38.8 Å². The minimum Gasteiger partial charge on any atom is -0.504 e. The molecular formula is C12H18ClNO2. The van der Waals surface area contributed by atoms with Gasteiger partial charge < -0.3 is 15.6 Å². The Hall–Kier alpha value is -0.930. The van der Waals surface area contributed by atoms with Gasteiger partial charge in [0.2, 0.25) is 0 Å². The number of ether oxygens (including phenoxy) is 1. The van der Waals surface area contributed by atoms with E-state index in [4.69, 9.17) is 22.1 Å². The van der Waals surface area contributed by atoms with E-state index in [1.807, 2.05) is 13.8 Å². The Morgan fingerprint density at radius 2 is 1.94 bits per heavy atom. The fourth-order valence-electron chi connectivity index (χ4n) is 1.84. The topological polar surface area (TPSA) is 55.5 Å². The lowest BCUT2D eigenvalue weighted by Crippen LogP contribution is -2.03. The van der Waals surface area contributed by atoms with Crippen molar-refractivity contribution in [3.05, 3.63) is 21.7 Å². The number of hydrogen-bond donors (Lipinski definition) is 2. The molecule has 0 amide bonds. The maximum Gasteiger partial charge on any atom is 0.165 e. The average molecular weight is 244 g/mol. The van der Waals surface area contributed by atoms with Crippen molar-refractivity contribution in [2.75, 3.05) is 13.7 Å². The first-order valence-electron chi connectivity index (χ1n) is 5.29. The number of phenols is 1. The SMILES string of the molecule is COc1c(C)c(Cl)c(C)c(CCCN)c1O. The van der Waals surface area contributed by atoms with Crippen LogP contribution in [0.5, 0.6) is 11.5 Å². The molecule has 3 N–H and O–H groups in total. The van der Waals surface area contributed by atoms with Crippen molar-refractivity contribution in [3.8, 4) is 11.5 Å². The van der Waals surface area contributed by atoms with Crippen LogP contribution in [0.4, 0.5) is 0 Å². The summed E-state index contributed by atoms with van der Waals surface area (Å²) in [7, 11) is 1.53. The molecule has 0 atom stereocenters. The minimum absolute atomic E-state index is 0.190. The van der Waals surface area contributed by atoms with Gasteiger partial charge in [-0.15, -0.1) is 0 Å². The number of halogens is 1. The minimum atomic E-state index is 0.190. The van der Waals surface area contributed by atoms with E-state index < -0.39 is 0 Å². The van der Waals surface area contributed by atoms with Crippen molar-refractivity contribution < 1.29 is 9.84 Å². The van der Waals surface area contributed by atoms with E-state index in [1.165, 1.54) is 7.11 Å². The molecule has 4 heteroatoms. The molecule has 16 heavy (non-hydrogen) atoms. The molecule has 0 aliphatic carbocycles. The second kappa shape index (κ2) is 5.41. The van der Waals surface area contributed by atoms with Crippen LogP contribution in [0.25, 0.3) is 0 Å². The fraction of sp³-hybridized carbons (Fsp3) is 0.500. The van der Waals surface area contributed by atoms with Crippen LogP contribution >= 0.6 is 11.6 Å². The molecule has 3 nitrogen and oxygen atoms in total. The van der Waals surface area contributed by atoms with Crippen molar-refractivity contribution in [1.29, 1.82) is 0 Å². The summed E-state index contributed by atoms with van der Waals surface area (Å²) < 4.78 is 5.17. The molecule has 0 aliphatic heterocycles. The van der Waals surface area contributed by atoms with Crippen molar-refractivity contribution in [1.82, 2.24) is 0 Å². The highest BCUT2D eigenvalue weighted by molar-refractivity contribution is 6.32. The first kappa shape index (κ1) is 13.1. The zero-order chi connectivity index (χ0) is 12.3. The number of aromatic hydroxyl groups is 1. The van der Waals surface area contributed by atoms with Gasteiger partial charge >= 0.3 is 0 Å². The summed E-state index contributed by atoms with van der Waals surface area (Å²) in [5.41, 5.74) is 7.98. The number of rotatable bonds is 4. The van der Waals surface area contributed by atoms with Crippen molar-refractivity contribution in [2.45, 2.75) is 26.7 Å². The quantitative estimate of drug-likeness (QED) is 0.855. The Kier molecular flexibility index (Phi) is 4.44. The Bertz CT molecular complexity index is 391. The summed E-state index contributed by atoms with van der Waals surface area (Å²) in [6.45, 7) is 4.33. The van der Waals surface area contributed by atoms with Crippen LogP contribution < -0.4 is 10.5 Å². The van der Waals surface area contributed by atoms with E-state index in [2.05, 4.69) is 0 Å². The maximum absolute atomic E-state index is 10.1. The zero-order valence-corrected chi connectivity index (χ0v) is 10.7. The summed E-state index contributed by atoms with van der Waals surface area (Å²) in [5.74, 6) is 0.651. The first-order chi connectivity index (χ1) is 7.54. The lowest BCUT2D eigenvalue weighted by Gasteiger charge is -2.16. The van der Waals surface area contributed by atoms with Crippen LogP contribution in [0.2, 0.25) is 5.02 Å². The van der Waals surface area contributed by atoms with Gasteiger partial charge in [-0.3, -0.25) is 0 Å². The van der Waals surface area contributed by atoms with Gasteiger partial charge in [-0.2, -0.15) is 0 Å². The van der Waals surface area contributed by atoms with Crippen LogP contribution in [0.3, 0.4) is 0 Å². The van der Waals surface area contributed by atoms with E-state index in [0.29, 0.717) is 23.7 Å². The van der Waals surface area contributed by atoms with Gasteiger partial charge in [0.15, 0.2) is 11.5 Å². The van der Waals surface area contributed by atoms with Gasteiger partial charge in [0, 0.05) is 11.1 Å². The van der Waals surface area contributed by atoms with E-state index in [1.54, 1.807) is 0 Å². The Morgan fingerprint density at radius 3 is 2.44 bits per heavy atom. The Balaban J connectivity index is 3.31. The number of methoxy groups -OCH3 is 1. The summed E-state index contributed by atoms with van der Waals surface area (Å²) in [6, 6.07) is 0. The molecule has 1 rings (SSSR count). The normalized spacial score (nSPS) is 10.6. The molecule has 0 bridgehead atoms. The predicted octanol–water partition coefficient (Wildman–Crippen LogP) is 2.56. The van der Waals surface area contributed by atoms with E-state index in [-0.39, 0.29) is 5.75 Å². The van der Waals surface area contributed by atoms with Gasteiger partial charge in [0.1, 0.15) is 0 Å². The summed E-state index contributed by atoms with van der Waals surface area (Å²) in [5, 5.41) is 10.7. The van der Waals surface area contributed by atoms with E-state index >= 15 is 0 Å².